The first-order valence-corrected chi connectivity index (χ1v) is 7.51. The van der Waals surface area contributed by atoms with Crippen molar-refractivity contribution in [2.75, 3.05) is 14.2 Å². The van der Waals surface area contributed by atoms with Crippen molar-refractivity contribution in [1.29, 1.82) is 0 Å². The summed E-state index contributed by atoms with van der Waals surface area (Å²) in [5.41, 5.74) is -0.115. The zero-order valence-corrected chi connectivity index (χ0v) is 14.3. The Bertz CT molecular complexity index is 737. The van der Waals surface area contributed by atoms with Gasteiger partial charge in [0.2, 0.25) is 6.17 Å². The largest absolute Gasteiger partial charge is 0.457 e. The maximum absolute atomic E-state index is 14.6. The molecule has 24 heavy (non-hydrogen) atoms. The van der Waals surface area contributed by atoms with Gasteiger partial charge in [-0.05, 0) is 12.1 Å². The van der Waals surface area contributed by atoms with Gasteiger partial charge in [-0.2, -0.15) is 0 Å². The Morgan fingerprint density at radius 1 is 1.21 bits per heavy atom. The molecule has 0 heterocycles. The molecule has 2 aromatic rings. The van der Waals surface area contributed by atoms with Crippen LogP contribution in [0.25, 0.3) is 0 Å². The number of nitrogens with zero attached hydrogens (tertiary/aromatic N) is 1. The van der Waals surface area contributed by atoms with E-state index in [2.05, 4.69) is 20.8 Å². The Hall–Kier alpha value is -2.06. The summed E-state index contributed by atoms with van der Waals surface area (Å²) in [6.07, 6.45) is -2.10. The Morgan fingerprint density at radius 3 is 2.42 bits per heavy atom. The van der Waals surface area contributed by atoms with Crippen molar-refractivity contribution in [3.05, 3.63) is 58.1 Å². The van der Waals surface area contributed by atoms with Crippen molar-refractivity contribution in [3.8, 4) is 11.5 Å². The fraction of sp³-hybridized carbons (Fsp3) is 0.188. The van der Waals surface area contributed by atoms with Crippen LogP contribution < -0.4 is 4.74 Å². The highest BCUT2D eigenvalue weighted by Crippen LogP contribution is 2.38. The van der Waals surface area contributed by atoms with Crippen LogP contribution in [0.2, 0.25) is 0 Å². The fourth-order valence-electron chi connectivity index (χ4n) is 1.94. The van der Waals surface area contributed by atoms with Crippen molar-refractivity contribution in [3.63, 3.8) is 0 Å². The molecule has 8 heteroatoms. The lowest BCUT2D eigenvalue weighted by Crippen LogP contribution is -2.29. The Labute approximate surface area is 144 Å². The van der Waals surface area contributed by atoms with Gasteiger partial charge in [-0.15, -0.1) is 0 Å². The first-order valence-electron chi connectivity index (χ1n) is 6.71. The van der Waals surface area contributed by atoms with Gasteiger partial charge in [-0.1, -0.05) is 22.0 Å². The van der Waals surface area contributed by atoms with Crippen molar-refractivity contribution < 1.29 is 27.5 Å². The number of carbonyl (C=O) groups is 1. The Morgan fingerprint density at radius 2 is 1.83 bits per heavy atom. The SMILES string of the molecule is CON(C)C(=O)C(F)c1c(Br)cccc1Oc1cc(F)cc(F)c1. The topological polar surface area (TPSA) is 38.8 Å². The quantitative estimate of drug-likeness (QED) is 0.687. The maximum Gasteiger partial charge on any atom is 0.285 e. The number of hydrogen-bond donors (Lipinski definition) is 0. The van der Waals surface area contributed by atoms with Crippen molar-refractivity contribution in [2.24, 2.45) is 0 Å². The first-order chi connectivity index (χ1) is 11.3. The number of rotatable bonds is 5. The van der Waals surface area contributed by atoms with Gasteiger partial charge in [0.15, 0.2) is 0 Å². The molecule has 0 aliphatic rings. The summed E-state index contributed by atoms with van der Waals surface area (Å²) in [5.74, 6) is -2.85. The van der Waals surface area contributed by atoms with E-state index in [9.17, 15) is 18.0 Å². The second-order valence-corrected chi connectivity index (χ2v) is 5.59. The molecule has 0 aliphatic heterocycles. The summed E-state index contributed by atoms with van der Waals surface area (Å²) in [6, 6.07) is 7.02. The van der Waals surface area contributed by atoms with E-state index in [0.717, 1.165) is 17.2 Å². The lowest BCUT2D eigenvalue weighted by molar-refractivity contribution is -0.174. The highest BCUT2D eigenvalue weighted by atomic mass is 79.9. The van der Waals surface area contributed by atoms with Crippen LogP contribution in [-0.4, -0.2) is 25.1 Å². The van der Waals surface area contributed by atoms with Gasteiger partial charge in [0.25, 0.3) is 5.91 Å². The molecule has 4 nitrogen and oxygen atoms in total. The number of hydrogen-bond acceptors (Lipinski definition) is 3. The molecule has 0 fully saturated rings. The van der Waals surface area contributed by atoms with Gasteiger partial charge >= 0.3 is 0 Å². The third-order valence-corrected chi connectivity index (χ3v) is 3.82. The van der Waals surface area contributed by atoms with E-state index >= 15 is 0 Å². The normalized spacial score (nSPS) is 11.9. The summed E-state index contributed by atoms with van der Waals surface area (Å²) in [7, 11) is 2.48. The molecule has 0 bridgehead atoms. The molecule has 2 rings (SSSR count). The summed E-state index contributed by atoms with van der Waals surface area (Å²) >= 11 is 3.15. The van der Waals surface area contributed by atoms with E-state index in [1.165, 1.54) is 32.4 Å². The average molecular weight is 404 g/mol. The van der Waals surface area contributed by atoms with Gasteiger partial charge in [0.05, 0.1) is 12.7 Å². The minimum atomic E-state index is -2.10. The van der Waals surface area contributed by atoms with Gasteiger partial charge < -0.3 is 4.74 Å². The molecule has 128 valence electrons. The molecule has 1 amide bonds. The predicted molar refractivity (Wildman–Crippen MR) is 84.2 cm³/mol. The molecule has 0 aromatic heterocycles. The molecule has 0 spiro atoms. The Balaban J connectivity index is 2.41. The van der Waals surface area contributed by atoms with Crippen LogP contribution >= 0.6 is 15.9 Å². The summed E-state index contributed by atoms with van der Waals surface area (Å²) < 4.78 is 46.8. The standard InChI is InChI=1S/C16H13BrF3NO3/c1-21(23-2)16(22)15(20)14-12(17)4-3-5-13(14)24-11-7-9(18)6-10(19)8-11/h3-8,15H,1-2H3. The zero-order valence-electron chi connectivity index (χ0n) is 12.7. The number of likely N-dealkylation sites (N-methyl/N-ethyl adjacent to an activating group) is 1. The van der Waals surface area contributed by atoms with E-state index in [4.69, 9.17) is 4.74 Å². The zero-order chi connectivity index (χ0) is 17.9. The van der Waals surface area contributed by atoms with Crippen LogP contribution in [0.5, 0.6) is 11.5 Å². The molecule has 2 aromatic carbocycles. The van der Waals surface area contributed by atoms with Gasteiger partial charge in [-0.25, -0.2) is 18.2 Å². The monoisotopic (exact) mass is 403 g/mol. The van der Waals surface area contributed by atoms with Crippen LogP contribution in [0.1, 0.15) is 11.7 Å². The van der Waals surface area contributed by atoms with E-state index < -0.39 is 23.7 Å². The lowest BCUT2D eigenvalue weighted by atomic mass is 10.1. The number of benzene rings is 2. The van der Waals surface area contributed by atoms with E-state index in [1.807, 2.05) is 0 Å². The second-order valence-electron chi connectivity index (χ2n) is 4.74. The fourth-order valence-corrected chi connectivity index (χ4v) is 2.49. The average Bonchev–Trinajstić information content (AvgIpc) is 2.52. The number of amides is 1. The van der Waals surface area contributed by atoms with E-state index in [-0.39, 0.29) is 21.5 Å². The third-order valence-electron chi connectivity index (χ3n) is 3.13. The Kier molecular flexibility index (Phi) is 5.84. The third kappa shape index (κ3) is 4.07. The molecule has 1 atom stereocenters. The highest BCUT2D eigenvalue weighted by molar-refractivity contribution is 9.10. The second kappa shape index (κ2) is 7.67. The van der Waals surface area contributed by atoms with Gasteiger partial charge in [0, 0.05) is 29.7 Å². The minimum Gasteiger partial charge on any atom is -0.457 e. The predicted octanol–water partition coefficient (Wildman–Crippen LogP) is 4.55. The molecule has 0 N–H and O–H groups in total. The highest BCUT2D eigenvalue weighted by Gasteiger charge is 2.29. The molecule has 0 aliphatic carbocycles. The summed E-state index contributed by atoms with van der Waals surface area (Å²) in [5, 5.41) is 0.732. The van der Waals surface area contributed by atoms with Crippen LogP contribution in [0, 0.1) is 11.6 Å². The molecule has 0 radical (unpaired) electrons. The molecule has 0 saturated carbocycles. The number of carbonyl (C=O) groups excluding carboxylic acids is 1. The van der Waals surface area contributed by atoms with Crippen LogP contribution in [0.3, 0.4) is 0 Å². The van der Waals surface area contributed by atoms with Crippen molar-refractivity contribution in [1.82, 2.24) is 5.06 Å². The van der Waals surface area contributed by atoms with E-state index in [0.29, 0.717) is 6.07 Å². The number of ether oxygens (including phenoxy) is 1. The number of hydroxylamine groups is 2. The van der Waals surface area contributed by atoms with E-state index in [1.54, 1.807) is 0 Å². The minimum absolute atomic E-state index is 0.0558. The smallest absolute Gasteiger partial charge is 0.285 e. The van der Waals surface area contributed by atoms with Gasteiger partial charge in [0.1, 0.15) is 23.1 Å². The lowest BCUT2D eigenvalue weighted by Gasteiger charge is -2.19. The number of halogens is 4. The molecular formula is C16H13BrF3NO3. The molecule has 1 unspecified atom stereocenters. The summed E-state index contributed by atoms with van der Waals surface area (Å²) in [4.78, 5) is 16.6. The van der Waals surface area contributed by atoms with Crippen LogP contribution in [0.15, 0.2) is 40.9 Å². The molecule has 0 saturated heterocycles. The van der Waals surface area contributed by atoms with Crippen LogP contribution in [-0.2, 0) is 9.63 Å². The first kappa shape index (κ1) is 18.3. The van der Waals surface area contributed by atoms with Crippen LogP contribution in [0.4, 0.5) is 13.2 Å². The molecular weight excluding hydrogens is 391 g/mol. The van der Waals surface area contributed by atoms with Gasteiger partial charge in [-0.3, -0.25) is 9.63 Å². The maximum atomic E-state index is 14.6. The number of alkyl halides is 1. The summed E-state index contributed by atoms with van der Waals surface area (Å²) in [6.45, 7) is 0. The van der Waals surface area contributed by atoms with Crippen molar-refractivity contribution >= 4 is 21.8 Å². The van der Waals surface area contributed by atoms with Crippen molar-refractivity contribution in [2.45, 2.75) is 6.17 Å².